The number of anilines is 2. The summed E-state index contributed by atoms with van der Waals surface area (Å²) in [7, 11) is 0. The molecule has 3 N–H and O–H groups in total. The smallest absolute Gasteiger partial charge is 0.0648 e. The average Bonchev–Trinajstić information content (AvgIpc) is 2.38. The van der Waals surface area contributed by atoms with Gasteiger partial charge >= 0.3 is 0 Å². The monoisotopic (exact) mass is 239 g/mol. The third kappa shape index (κ3) is 3.10. The Labute approximate surface area is 107 Å². The molecule has 0 spiro atoms. The Hall–Kier alpha value is -2.29. The maximum atomic E-state index is 5.65. The number of hydrazone groups is 1. The molecular weight excluding hydrogens is 222 g/mol. The quantitative estimate of drug-likeness (QED) is 0.490. The van der Waals surface area contributed by atoms with Crippen LogP contribution < -0.4 is 11.2 Å². The summed E-state index contributed by atoms with van der Waals surface area (Å²) in [4.78, 5) is 0. The first-order chi connectivity index (χ1) is 8.65. The van der Waals surface area contributed by atoms with E-state index < -0.39 is 0 Å². The molecule has 0 amide bonds. The van der Waals surface area contributed by atoms with E-state index in [2.05, 4.69) is 29.6 Å². The minimum Gasteiger partial charge on any atom is -0.399 e. The van der Waals surface area contributed by atoms with Crippen molar-refractivity contribution in [3.8, 4) is 0 Å². The van der Waals surface area contributed by atoms with Crippen LogP contribution in [0.4, 0.5) is 11.4 Å². The van der Waals surface area contributed by atoms with Gasteiger partial charge in [-0.2, -0.15) is 5.10 Å². The van der Waals surface area contributed by atoms with E-state index in [1.54, 1.807) is 0 Å². The van der Waals surface area contributed by atoms with Gasteiger partial charge in [-0.15, -0.1) is 0 Å². The summed E-state index contributed by atoms with van der Waals surface area (Å²) >= 11 is 0. The second kappa shape index (κ2) is 5.36. The normalized spacial score (nSPS) is 11.3. The van der Waals surface area contributed by atoms with Crippen LogP contribution in [-0.2, 0) is 0 Å². The molecule has 0 saturated carbocycles. The fourth-order valence-electron chi connectivity index (χ4n) is 1.57. The molecule has 0 saturated heterocycles. The number of hydrogen-bond donors (Lipinski definition) is 2. The van der Waals surface area contributed by atoms with Gasteiger partial charge in [0.2, 0.25) is 0 Å². The maximum absolute atomic E-state index is 5.65. The van der Waals surface area contributed by atoms with Crippen LogP contribution in [0.5, 0.6) is 0 Å². The molecule has 2 aromatic rings. The van der Waals surface area contributed by atoms with Gasteiger partial charge in [0.15, 0.2) is 0 Å². The topological polar surface area (TPSA) is 50.4 Å². The van der Waals surface area contributed by atoms with Gasteiger partial charge in [0.1, 0.15) is 0 Å². The van der Waals surface area contributed by atoms with Crippen LogP contribution in [0.2, 0.25) is 0 Å². The lowest BCUT2D eigenvalue weighted by atomic mass is 10.1. The molecular formula is C15H17N3. The SMILES string of the molecule is C/C(=N/Nc1ccc(C)cc1)c1ccc(N)cc1. The molecule has 92 valence electrons. The fourth-order valence-corrected chi connectivity index (χ4v) is 1.57. The van der Waals surface area contributed by atoms with E-state index in [9.17, 15) is 0 Å². The molecule has 0 atom stereocenters. The number of nitrogen functional groups attached to an aromatic ring is 1. The predicted octanol–water partition coefficient (Wildman–Crippen LogP) is 3.41. The van der Waals surface area contributed by atoms with Gasteiger partial charge in [-0.3, -0.25) is 5.43 Å². The Morgan fingerprint density at radius 2 is 1.61 bits per heavy atom. The van der Waals surface area contributed by atoms with Crippen molar-refractivity contribution >= 4 is 17.1 Å². The minimum absolute atomic E-state index is 0.762. The van der Waals surface area contributed by atoms with Crippen molar-refractivity contribution in [2.45, 2.75) is 13.8 Å². The fraction of sp³-hybridized carbons (Fsp3) is 0.133. The Balaban J connectivity index is 2.09. The molecule has 2 aromatic carbocycles. The molecule has 0 bridgehead atoms. The second-order valence-corrected chi connectivity index (χ2v) is 4.30. The van der Waals surface area contributed by atoms with Crippen molar-refractivity contribution in [1.29, 1.82) is 0 Å². The number of nitrogens with one attached hydrogen (secondary N) is 1. The van der Waals surface area contributed by atoms with Crippen LogP contribution in [0.3, 0.4) is 0 Å². The third-order valence-corrected chi connectivity index (χ3v) is 2.73. The summed E-state index contributed by atoms with van der Waals surface area (Å²) in [6.07, 6.45) is 0. The molecule has 3 nitrogen and oxygen atoms in total. The highest BCUT2D eigenvalue weighted by atomic mass is 15.3. The van der Waals surface area contributed by atoms with Crippen molar-refractivity contribution in [2.24, 2.45) is 5.10 Å². The molecule has 0 radical (unpaired) electrons. The zero-order chi connectivity index (χ0) is 13.0. The van der Waals surface area contributed by atoms with E-state index in [-0.39, 0.29) is 0 Å². The molecule has 0 aliphatic heterocycles. The summed E-state index contributed by atoms with van der Waals surface area (Å²) in [5, 5.41) is 4.35. The van der Waals surface area contributed by atoms with Gasteiger partial charge in [0.25, 0.3) is 0 Å². The zero-order valence-corrected chi connectivity index (χ0v) is 10.6. The third-order valence-electron chi connectivity index (χ3n) is 2.73. The van der Waals surface area contributed by atoms with E-state index in [0.717, 1.165) is 22.6 Å². The number of nitrogens with zero attached hydrogens (tertiary/aromatic N) is 1. The van der Waals surface area contributed by atoms with E-state index in [4.69, 9.17) is 5.73 Å². The van der Waals surface area contributed by atoms with E-state index in [1.807, 2.05) is 43.3 Å². The molecule has 3 heteroatoms. The van der Waals surface area contributed by atoms with Gasteiger partial charge in [-0.1, -0.05) is 29.8 Å². The number of benzene rings is 2. The van der Waals surface area contributed by atoms with Crippen molar-refractivity contribution in [3.05, 3.63) is 59.7 Å². The number of rotatable bonds is 3. The summed E-state index contributed by atoms with van der Waals surface area (Å²) in [6, 6.07) is 15.8. The maximum Gasteiger partial charge on any atom is 0.0648 e. The van der Waals surface area contributed by atoms with Crippen LogP contribution in [-0.4, -0.2) is 5.71 Å². The first-order valence-corrected chi connectivity index (χ1v) is 5.88. The van der Waals surface area contributed by atoms with E-state index in [0.29, 0.717) is 0 Å². The number of aryl methyl sites for hydroxylation is 1. The van der Waals surface area contributed by atoms with Crippen LogP contribution in [0, 0.1) is 6.92 Å². The standard InChI is InChI=1S/C15H17N3/c1-11-3-9-15(10-4-11)18-17-12(2)13-5-7-14(16)8-6-13/h3-10,18H,16H2,1-2H3/b17-12-. The number of hydrogen-bond acceptors (Lipinski definition) is 3. The largest absolute Gasteiger partial charge is 0.399 e. The molecule has 0 aliphatic rings. The zero-order valence-electron chi connectivity index (χ0n) is 10.6. The van der Waals surface area contributed by atoms with Gasteiger partial charge in [0, 0.05) is 5.69 Å². The minimum atomic E-state index is 0.762. The van der Waals surface area contributed by atoms with Crippen LogP contribution in [0.1, 0.15) is 18.1 Å². The van der Waals surface area contributed by atoms with Gasteiger partial charge in [-0.25, -0.2) is 0 Å². The molecule has 0 fully saturated rings. The number of nitrogens with two attached hydrogens (primary N) is 1. The van der Waals surface area contributed by atoms with Crippen LogP contribution >= 0.6 is 0 Å². The summed E-state index contributed by atoms with van der Waals surface area (Å²) in [5.41, 5.74) is 13.7. The molecule has 18 heavy (non-hydrogen) atoms. The lowest BCUT2D eigenvalue weighted by molar-refractivity contribution is 1.31. The predicted molar refractivity (Wildman–Crippen MR) is 77.9 cm³/mol. The molecule has 0 aromatic heterocycles. The van der Waals surface area contributed by atoms with Crippen molar-refractivity contribution in [3.63, 3.8) is 0 Å². The Kier molecular flexibility index (Phi) is 3.63. The first kappa shape index (κ1) is 12.2. The second-order valence-electron chi connectivity index (χ2n) is 4.30. The van der Waals surface area contributed by atoms with Gasteiger partial charge < -0.3 is 5.73 Å². The highest BCUT2D eigenvalue weighted by Gasteiger charge is 1.97. The molecule has 2 rings (SSSR count). The van der Waals surface area contributed by atoms with Crippen LogP contribution in [0.25, 0.3) is 0 Å². The highest BCUT2D eigenvalue weighted by Crippen LogP contribution is 2.10. The van der Waals surface area contributed by atoms with Crippen molar-refractivity contribution in [2.75, 3.05) is 11.2 Å². The Morgan fingerprint density at radius 3 is 2.22 bits per heavy atom. The Bertz CT molecular complexity index is 539. The molecule has 0 unspecified atom stereocenters. The van der Waals surface area contributed by atoms with Gasteiger partial charge in [-0.05, 0) is 43.7 Å². The van der Waals surface area contributed by atoms with Crippen LogP contribution in [0.15, 0.2) is 53.6 Å². The Morgan fingerprint density at radius 1 is 1.00 bits per heavy atom. The van der Waals surface area contributed by atoms with Crippen molar-refractivity contribution < 1.29 is 0 Å². The summed E-state index contributed by atoms with van der Waals surface area (Å²) in [5.74, 6) is 0. The summed E-state index contributed by atoms with van der Waals surface area (Å²) < 4.78 is 0. The first-order valence-electron chi connectivity index (χ1n) is 5.88. The average molecular weight is 239 g/mol. The lowest BCUT2D eigenvalue weighted by Gasteiger charge is -2.04. The van der Waals surface area contributed by atoms with Crippen molar-refractivity contribution in [1.82, 2.24) is 0 Å². The van der Waals surface area contributed by atoms with E-state index >= 15 is 0 Å². The lowest BCUT2D eigenvalue weighted by Crippen LogP contribution is -2.00. The van der Waals surface area contributed by atoms with E-state index in [1.165, 1.54) is 5.56 Å². The van der Waals surface area contributed by atoms with Gasteiger partial charge in [0.05, 0.1) is 11.4 Å². The molecule has 0 aliphatic carbocycles. The molecule has 0 heterocycles. The highest BCUT2D eigenvalue weighted by molar-refractivity contribution is 5.99. The summed E-state index contributed by atoms with van der Waals surface area (Å²) in [6.45, 7) is 4.03.